The summed E-state index contributed by atoms with van der Waals surface area (Å²) in [6.45, 7) is 7.52. The molecule has 1 aromatic rings. The van der Waals surface area contributed by atoms with Gasteiger partial charge in [0.2, 0.25) is 0 Å². The van der Waals surface area contributed by atoms with Gasteiger partial charge in [-0.05, 0) is 29.5 Å². The van der Waals surface area contributed by atoms with Crippen molar-refractivity contribution in [2.45, 2.75) is 33.3 Å². The molecule has 0 radical (unpaired) electrons. The summed E-state index contributed by atoms with van der Waals surface area (Å²) in [5.41, 5.74) is 1.09. The quantitative estimate of drug-likeness (QED) is 0.790. The minimum Gasteiger partial charge on any atom is -0.497 e. The zero-order chi connectivity index (χ0) is 13.6. The van der Waals surface area contributed by atoms with Crippen molar-refractivity contribution in [2.24, 2.45) is 5.41 Å². The number of hydrogen-bond donors (Lipinski definition) is 1. The van der Waals surface area contributed by atoms with Crippen LogP contribution in [0, 0.1) is 5.41 Å². The van der Waals surface area contributed by atoms with Gasteiger partial charge in [-0.3, -0.25) is 0 Å². The summed E-state index contributed by atoms with van der Waals surface area (Å²) in [5, 5.41) is 9.99. The van der Waals surface area contributed by atoms with E-state index in [0.29, 0.717) is 13.2 Å². The lowest BCUT2D eigenvalue weighted by Gasteiger charge is -2.19. The molecule has 1 aromatic carbocycles. The lowest BCUT2D eigenvalue weighted by molar-refractivity contribution is 0.0262. The Balaban J connectivity index is 2.38. The summed E-state index contributed by atoms with van der Waals surface area (Å²) in [5.74, 6) is 0.751. The molecule has 0 aliphatic heterocycles. The third kappa shape index (κ3) is 5.52. The molecule has 1 atom stereocenters. The Labute approximate surface area is 110 Å². The van der Waals surface area contributed by atoms with Gasteiger partial charge in [0.1, 0.15) is 11.9 Å². The second kappa shape index (κ2) is 6.76. The van der Waals surface area contributed by atoms with E-state index < -0.39 is 6.10 Å². The largest absolute Gasteiger partial charge is 0.497 e. The monoisotopic (exact) mass is 252 g/mol. The van der Waals surface area contributed by atoms with E-state index in [1.807, 2.05) is 24.3 Å². The first-order valence-corrected chi connectivity index (χ1v) is 6.32. The highest BCUT2D eigenvalue weighted by atomic mass is 16.5. The molecule has 1 unspecified atom stereocenters. The Morgan fingerprint density at radius 2 is 2.00 bits per heavy atom. The van der Waals surface area contributed by atoms with E-state index in [9.17, 15) is 5.11 Å². The maximum Gasteiger partial charge on any atom is 0.119 e. The van der Waals surface area contributed by atoms with Crippen molar-refractivity contribution in [2.75, 3.05) is 20.3 Å². The van der Waals surface area contributed by atoms with Crippen LogP contribution in [-0.2, 0) is 4.74 Å². The van der Waals surface area contributed by atoms with Crippen molar-refractivity contribution >= 4 is 0 Å². The standard InChI is InChI=1S/C15H24O3/c1-15(2,3)8-9-18-11-14(16)12-6-5-7-13(10-12)17-4/h5-7,10,14,16H,8-9,11H2,1-4H3. The van der Waals surface area contributed by atoms with Crippen molar-refractivity contribution < 1.29 is 14.6 Å². The molecule has 3 nitrogen and oxygen atoms in total. The third-order valence-corrected chi connectivity index (χ3v) is 2.75. The Morgan fingerprint density at radius 1 is 1.28 bits per heavy atom. The Bertz CT molecular complexity index is 355. The fourth-order valence-electron chi connectivity index (χ4n) is 1.52. The van der Waals surface area contributed by atoms with Gasteiger partial charge >= 0.3 is 0 Å². The van der Waals surface area contributed by atoms with Gasteiger partial charge in [0.15, 0.2) is 0 Å². The normalized spacial score (nSPS) is 13.4. The van der Waals surface area contributed by atoms with Gasteiger partial charge in [-0.2, -0.15) is 0 Å². The lowest BCUT2D eigenvalue weighted by atomic mass is 9.93. The highest BCUT2D eigenvalue weighted by Gasteiger charge is 2.12. The molecule has 102 valence electrons. The van der Waals surface area contributed by atoms with Crippen LogP contribution < -0.4 is 4.74 Å². The molecular weight excluding hydrogens is 228 g/mol. The highest BCUT2D eigenvalue weighted by Crippen LogP contribution is 2.21. The molecule has 0 fully saturated rings. The number of hydrogen-bond acceptors (Lipinski definition) is 3. The molecule has 0 bridgehead atoms. The molecule has 1 rings (SSSR count). The van der Waals surface area contributed by atoms with Gasteiger partial charge in [-0.1, -0.05) is 32.9 Å². The van der Waals surface area contributed by atoms with Crippen LogP contribution in [0.25, 0.3) is 0 Å². The van der Waals surface area contributed by atoms with Crippen molar-refractivity contribution in [3.8, 4) is 5.75 Å². The molecule has 0 saturated carbocycles. The van der Waals surface area contributed by atoms with E-state index in [1.54, 1.807) is 7.11 Å². The minimum atomic E-state index is -0.597. The van der Waals surface area contributed by atoms with E-state index in [-0.39, 0.29) is 5.41 Å². The van der Waals surface area contributed by atoms with Gasteiger partial charge in [0.05, 0.1) is 13.7 Å². The molecule has 18 heavy (non-hydrogen) atoms. The van der Waals surface area contributed by atoms with Crippen LogP contribution in [0.5, 0.6) is 5.75 Å². The van der Waals surface area contributed by atoms with E-state index in [4.69, 9.17) is 9.47 Å². The van der Waals surface area contributed by atoms with E-state index in [1.165, 1.54) is 0 Å². The molecule has 0 spiro atoms. The molecule has 3 heteroatoms. The number of rotatable bonds is 6. The number of aliphatic hydroxyl groups is 1. The van der Waals surface area contributed by atoms with E-state index in [2.05, 4.69) is 20.8 Å². The second-order valence-electron chi connectivity index (χ2n) is 5.68. The molecule has 0 aromatic heterocycles. The van der Waals surface area contributed by atoms with Gasteiger partial charge in [-0.25, -0.2) is 0 Å². The van der Waals surface area contributed by atoms with Crippen LogP contribution in [-0.4, -0.2) is 25.4 Å². The predicted octanol–water partition coefficient (Wildman–Crippen LogP) is 3.18. The number of methoxy groups -OCH3 is 1. The van der Waals surface area contributed by atoms with Crippen molar-refractivity contribution in [3.63, 3.8) is 0 Å². The Kier molecular flexibility index (Phi) is 5.63. The predicted molar refractivity (Wildman–Crippen MR) is 72.8 cm³/mol. The maximum atomic E-state index is 9.99. The summed E-state index contributed by atoms with van der Waals surface area (Å²) >= 11 is 0. The third-order valence-electron chi connectivity index (χ3n) is 2.75. The molecule has 1 N–H and O–H groups in total. The number of ether oxygens (including phenoxy) is 2. The van der Waals surface area contributed by atoms with Crippen LogP contribution in [0.3, 0.4) is 0 Å². The molecule has 0 heterocycles. The van der Waals surface area contributed by atoms with Gasteiger partial charge in [0, 0.05) is 6.61 Å². The van der Waals surface area contributed by atoms with Crippen molar-refractivity contribution in [1.29, 1.82) is 0 Å². The number of aliphatic hydroxyl groups excluding tert-OH is 1. The van der Waals surface area contributed by atoms with Crippen LogP contribution in [0.1, 0.15) is 38.9 Å². The van der Waals surface area contributed by atoms with E-state index in [0.717, 1.165) is 17.7 Å². The second-order valence-corrected chi connectivity index (χ2v) is 5.68. The fourth-order valence-corrected chi connectivity index (χ4v) is 1.52. The lowest BCUT2D eigenvalue weighted by Crippen LogP contribution is -2.13. The SMILES string of the molecule is COc1cccc(C(O)COCCC(C)(C)C)c1. The molecule has 0 saturated heterocycles. The van der Waals surface area contributed by atoms with Crippen LogP contribution >= 0.6 is 0 Å². The fraction of sp³-hybridized carbons (Fsp3) is 0.600. The zero-order valence-corrected chi connectivity index (χ0v) is 11.8. The van der Waals surface area contributed by atoms with Gasteiger partial charge < -0.3 is 14.6 Å². The average Bonchev–Trinajstić information content (AvgIpc) is 2.33. The summed E-state index contributed by atoms with van der Waals surface area (Å²) < 4.78 is 10.6. The van der Waals surface area contributed by atoms with Crippen molar-refractivity contribution in [3.05, 3.63) is 29.8 Å². The number of benzene rings is 1. The van der Waals surface area contributed by atoms with Crippen LogP contribution in [0.15, 0.2) is 24.3 Å². The molecule has 0 aliphatic rings. The van der Waals surface area contributed by atoms with Crippen molar-refractivity contribution in [1.82, 2.24) is 0 Å². The Morgan fingerprint density at radius 3 is 2.61 bits per heavy atom. The smallest absolute Gasteiger partial charge is 0.119 e. The maximum absolute atomic E-state index is 9.99. The highest BCUT2D eigenvalue weighted by molar-refractivity contribution is 5.29. The Hall–Kier alpha value is -1.06. The first-order valence-electron chi connectivity index (χ1n) is 6.32. The summed E-state index contributed by atoms with van der Waals surface area (Å²) in [6.07, 6.45) is 0.387. The topological polar surface area (TPSA) is 38.7 Å². The van der Waals surface area contributed by atoms with Crippen LogP contribution in [0.4, 0.5) is 0 Å². The molecule has 0 amide bonds. The molecule has 0 aliphatic carbocycles. The molecular formula is C15H24O3. The average molecular weight is 252 g/mol. The van der Waals surface area contributed by atoms with Gasteiger partial charge in [0.25, 0.3) is 0 Å². The minimum absolute atomic E-state index is 0.265. The summed E-state index contributed by atoms with van der Waals surface area (Å²) in [4.78, 5) is 0. The van der Waals surface area contributed by atoms with Crippen LogP contribution in [0.2, 0.25) is 0 Å². The summed E-state index contributed by atoms with van der Waals surface area (Å²) in [7, 11) is 1.62. The first-order chi connectivity index (χ1) is 8.42. The zero-order valence-electron chi connectivity index (χ0n) is 11.8. The summed E-state index contributed by atoms with van der Waals surface area (Å²) in [6, 6.07) is 7.43. The first kappa shape index (κ1) is 15.0. The van der Waals surface area contributed by atoms with Gasteiger partial charge in [-0.15, -0.1) is 0 Å². The van der Waals surface area contributed by atoms with E-state index >= 15 is 0 Å².